The van der Waals surface area contributed by atoms with Crippen molar-refractivity contribution in [3.63, 3.8) is 0 Å². The van der Waals surface area contributed by atoms with E-state index in [4.69, 9.17) is 10.5 Å². The number of hydrogen-bond acceptors (Lipinski definition) is 5. The van der Waals surface area contributed by atoms with Crippen LogP contribution in [0, 0.1) is 5.82 Å². The molecule has 1 unspecified atom stereocenters. The van der Waals surface area contributed by atoms with Crippen LogP contribution >= 0.6 is 0 Å². The first-order valence-corrected chi connectivity index (χ1v) is 10.1. The summed E-state index contributed by atoms with van der Waals surface area (Å²) in [6.45, 7) is 0.359. The highest BCUT2D eigenvalue weighted by Gasteiger charge is 2.52. The molecule has 34 heavy (non-hydrogen) atoms. The van der Waals surface area contributed by atoms with E-state index in [1.807, 2.05) is 0 Å². The van der Waals surface area contributed by atoms with E-state index in [-0.39, 0.29) is 30.1 Å². The number of carbonyl (C=O) groups excluding carboxylic acids is 1. The molecule has 12 heteroatoms. The van der Waals surface area contributed by atoms with Crippen molar-refractivity contribution in [2.45, 2.75) is 37.8 Å². The lowest BCUT2D eigenvalue weighted by Crippen LogP contribution is -2.40. The second kappa shape index (κ2) is 7.29. The molecule has 0 saturated heterocycles. The number of anilines is 1. The smallest absolute Gasteiger partial charge is 0.383 e. The van der Waals surface area contributed by atoms with Gasteiger partial charge in [0, 0.05) is 29.6 Å². The molecule has 1 aliphatic heterocycles. The summed E-state index contributed by atoms with van der Waals surface area (Å²) in [6, 6.07) is 1.75. The number of alkyl halides is 5. The van der Waals surface area contributed by atoms with Gasteiger partial charge in [0.15, 0.2) is 0 Å². The van der Waals surface area contributed by atoms with Crippen molar-refractivity contribution >= 4 is 22.6 Å². The molecule has 0 saturated carbocycles. The van der Waals surface area contributed by atoms with Gasteiger partial charge in [-0.2, -0.15) is 13.2 Å². The summed E-state index contributed by atoms with van der Waals surface area (Å²) in [7, 11) is 1.05. The quantitative estimate of drug-likeness (QED) is 0.548. The lowest BCUT2D eigenvalue weighted by Gasteiger charge is -2.30. The number of pyridine rings is 2. The van der Waals surface area contributed by atoms with Crippen LogP contribution in [0.4, 0.5) is 32.2 Å². The normalized spacial score (nSPS) is 18.7. The first-order chi connectivity index (χ1) is 15.9. The number of nitrogens with zero attached hydrogens (tertiary/aromatic N) is 3. The second-order valence-electron chi connectivity index (χ2n) is 8.28. The van der Waals surface area contributed by atoms with E-state index in [0.717, 1.165) is 19.2 Å². The van der Waals surface area contributed by atoms with Crippen LogP contribution < -0.4 is 5.73 Å². The Morgan fingerprint density at radius 1 is 1.18 bits per heavy atom. The largest absolute Gasteiger partial charge is 0.433 e. The Hall–Kier alpha value is -3.41. The van der Waals surface area contributed by atoms with Crippen molar-refractivity contribution in [3.8, 4) is 0 Å². The minimum atomic E-state index is -4.81. The predicted molar refractivity (Wildman–Crippen MR) is 107 cm³/mol. The number of amides is 1. The van der Waals surface area contributed by atoms with Crippen molar-refractivity contribution in [3.05, 3.63) is 63.7 Å². The maximum atomic E-state index is 14.9. The monoisotopic (exact) mass is 482 g/mol. The molecule has 3 heterocycles. The van der Waals surface area contributed by atoms with Gasteiger partial charge in [-0.25, -0.2) is 23.1 Å². The van der Waals surface area contributed by atoms with Crippen LogP contribution in [0.5, 0.6) is 0 Å². The number of hydrogen-bond donors (Lipinski definition) is 1. The number of nitrogens with two attached hydrogens (primary N) is 1. The van der Waals surface area contributed by atoms with E-state index in [1.54, 1.807) is 0 Å². The molecule has 178 valence electrons. The van der Waals surface area contributed by atoms with Gasteiger partial charge in [0.2, 0.25) is 0 Å². The zero-order valence-electron chi connectivity index (χ0n) is 17.5. The van der Waals surface area contributed by atoms with E-state index in [0.29, 0.717) is 27.5 Å². The molecule has 1 aliphatic carbocycles. The fraction of sp³-hybridized carbons (Fsp3) is 0.318. The second-order valence-corrected chi connectivity index (χ2v) is 8.28. The molecule has 2 aliphatic rings. The third-order valence-corrected chi connectivity index (χ3v) is 6.15. The number of halogens is 6. The zero-order chi connectivity index (χ0) is 24.6. The van der Waals surface area contributed by atoms with Crippen LogP contribution in [0.25, 0.3) is 10.9 Å². The highest BCUT2D eigenvalue weighted by atomic mass is 19.4. The van der Waals surface area contributed by atoms with Crippen molar-refractivity contribution in [2.24, 2.45) is 0 Å². The molecule has 2 N–H and O–H groups in total. The van der Waals surface area contributed by atoms with Crippen LogP contribution in [0.1, 0.15) is 44.5 Å². The lowest BCUT2D eigenvalue weighted by atomic mass is 10.0. The number of carbonyl (C=O) groups is 1. The molecular formula is C22H16F6N4O2. The van der Waals surface area contributed by atoms with Crippen molar-refractivity contribution < 1.29 is 35.9 Å². The van der Waals surface area contributed by atoms with Gasteiger partial charge in [0.25, 0.3) is 11.8 Å². The standard InChI is InChI=1S/C22H16F6N4O2/c1-32(18-9-2-3-17(22(26,27)28)30-16(9)6-21(18,24)25)20(33)11-4-10-12-7-34-8-13(12)19(29)31-15(10)5-14(11)23/h2-5,18H,6-8H2,1H3,(H2,29,31). The number of nitrogen functional groups attached to an aromatic ring is 1. The molecule has 6 nitrogen and oxygen atoms in total. The van der Waals surface area contributed by atoms with E-state index in [1.165, 1.54) is 6.07 Å². The fourth-order valence-electron chi connectivity index (χ4n) is 4.56. The minimum absolute atomic E-state index is 0.162. The van der Waals surface area contributed by atoms with Gasteiger partial charge in [-0.05, 0) is 17.7 Å². The molecule has 3 aromatic rings. The summed E-state index contributed by atoms with van der Waals surface area (Å²) >= 11 is 0. The first-order valence-electron chi connectivity index (χ1n) is 10.1. The SMILES string of the molecule is CN(C(=O)c1cc2c3c(c(N)nc2cc1F)COC3)C1c2ccc(C(F)(F)F)nc2CC1(F)F. The summed E-state index contributed by atoms with van der Waals surface area (Å²) < 4.78 is 88.9. The van der Waals surface area contributed by atoms with Gasteiger partial charge < -0.3 is 15.4 Å². The number of ether oxygens (including phenoxy) is 1. The number of benzene rings is 1. The fourth-order valence-corrected chi connectivity index (χ4v) is 4.56. The first kappa shape index (κ1) is 22.4. The Bertz CT molecular complexity index is 1360. The highest BCUT2D eigenvalue weighted by molar-refractivity contribution is 5.99. The predicted octanol–water partition coefficient (Wildman–Crippen LogP) is 4.40. The Balaban J connectivity index is 1.56. The summed E-state index contributed by atoms with van der Waals surface area (Å²) in [4.78, 5) is 21.3. The Morgan fingerprint density at radius 2 is 1.88 bits per heavy atom. The summed E-state index contributed by atoms with van der Waals surface area (Å²) in [5.41, 5.74) is 4.82. The van der Waals surface area contributed by atoms with Gasteiger partial charge in [-0.1, -0.05) is 6.07 Å². The minimum Gasteiger partial charge on any atom is -0.383 e. The van der Waals surface area contributed by atoms with Gasteiger partial charge in [0.1, 0.15) is 23.4 Å². The molecule has 0 bridgehead atoms. The van der Waals surface area contributed by atoms with Crippen molar-refractivity contribution in [1.82, 2.24) is 14.9 Å². The Morgan fingerprint density at radius 3 is 2.59 bits per heavy atom. The van der Waals surface area contributed by atoms with Crippen molar-refractivity contribution in [2.75, 3.05) is 12.8 Å². The number of fused-ring (bicyclic) bond motifs is 4. The maximum Gasteiger partial charge on any atom is 0.433 e. The van der Waals surface area contributed by atoms with Gasteiger partial charge >= 0.3 is 6.18 Å². The Labute approximate surface area is 188 Å². The van der Waals surface area contributed by atoms with E-state index < -0.39 is 53.2 Å². The summed E-state index contributed by atoms with van der Waals surface area (Å²) in [5.74, 6) is -5.51. The molecule has 0 fully saturated rings. The van der Waals surface area contributed by atoms with Crippen LogP contribution in [0.3, 0.4) is 0 Å². The number of aromatic nitrogens is 2. The number of rotatable bonds is 2. The van der Waals surface area contributed by atoms with Gasteiger partial charge in [-0.3, -0.25) is 4.79 Å². The molecule has 1 atom stereocenters. The molecule has 5 rings (SSSR count). The summed E-state index contributed by atoms with van der Waals surface area (Å²) in [5, 5.41) is 0.398. The third kappa shape index (κ3) is 3.35. The van der Waals surface area contributed by atoms with Crippen LogP contribution in [0.2, 0.25) is 0 Å². The molecule has 0 spiro atoms. The molecule has 2 aromatic heterocycles. The highest BCUT2D eigenvalue weighted by Crippen LogP contribution is 2.47. The lowest BCUT2D eigenvalue weighted by molar-refractivity contribution is -0.141. The van der Waals surface area contributed by atoms with Gasteiger partial charge in [-0.15, -0.1) is 0 Å². The van der Waals surface area contributed by atoms with Crippen LogP contribution in [-0.2, 0) is 30.5 Å². The van der Waals surface area contributed by atoms with Crippen molar-refractivity contribution in [1.29, 1.82) is 0 Å². The molecule has 0 radical (unpaired) electrons. The molecule has 1 aromatic carbocycles. The zero-order valence-corrected chi connectivity index (χ0v) is 17.5. The van der Waals surface area contributed by atoms with E-state index in [9.17, 15) is 31.1 Å². The maximum absolute atomic E-state index is 14.9. The van der Waals surface area contributed by atoms with E-state index >= 15 is 0 Å². The Kier molecular flexibility index (Phi) is 4.80. The van der Waals surface area contributed by atoms with Crippen LogP contribution in [-0.4, -0.2) is 33.7 Å². The molecule has 1 amide bonds. The van der Waals surface area contributed by atoms with E-state index in [2.05, 4.69) is 9.97 Å². The topological polar surface area (TPSA) is 81.3 Å². The van der Waals surface area contributed by atoms with Crippen LogP contribution in [0.15, 0.2) is 24.3 Å². The van der Waals surface area contributed by atoms with Gasteiger partial charge in [0.05, 0.1) is 36.4 Å². The summed E-state index contributed by atoms with van der Waals surface area (Å²) in [6.07, 6.45) is -5.89. The average Bonchev–Trinajstić information content (AvgIpc) is 3.33. The average molecular weight is 482 g/mol. The molecular weight excluding hydrogens is 466 g/mol. The third-order valence-electron chi connectivity index (χ3n) is 6.15.